The second-order valence-electron chi connectivity index (χ2n) is 5.23. The van der Waals surface area contributed by atoms with Gasteiger partial charge in [-0.2, -0.15) is 0 Å². The van der Waals surface area contributed by atoms with E-state index in [1.54, 1.807) is 36.7 Å². The lowest BCUT2D eigenvalue weighted by Crippen LogP contribution is -1.90. The Balaban J connectivity index is 2.29. The van der Waals surface area contributed by atoms with E-state index in [1.807, 2.05) is 38.1 Å². The number of aliphatic imine (C=N–C) groups is 2. The molecule has 0 atom stereocenters. The predicted molar refractivity (Wildman–Crippen MR) is 99.0 cm³/mol. The van der Waals surface area contributed by atoms with Crippen LogP contribution in [0.25, 0.3) is 0 Å². The summed E-state index contributed by atoms with van der Waals surface area (Å²) in [7, 11) is 0. The second-order valence-corrected chi connectivity index (χ2v) is 5.23. The molecule has 0 radical (unpaired) electrons. The summed E-state index contributed by atoms with van der Waals surface area (Å²) in [5.41, 5.74) is 3.05. The SMILES string of the molecule is CCC(N=Cc1ccccc1O)=C(CC)N=Cc1ccccc1O. The van der Waals surface area contributed by atoms with Crippen molar-refractivity contribution in [2.24, 2.45) is 9.98 Å². The Bertz CT molecular complexity index is 711. The van der Waals surface area contributed by atoms with E-state index in [4.69, 9.17) is 0 Å². The third-order valence-corrected chi connectivity index (χ3v) is 3.60. The summed E-state index contributed by atoms with van der Waals surface area (Å²) in [4.78, 5) is 9.00. The average molecular weight is 322 g/mol. The number of hydrogen-bond acceptors (Lipinski definition) is 4. The molecule has 0 aliphatic heterocycles. The minimum absolute atomic E-state index is 0.201. The fourth-order valence-electron chi connectivity index (χ4n) is 2.23. The molecule has 0 aromatic heterocycles. The maximum absolute atomic E-state index is 9.81. The lowest BCUT2D eigenvalue weighted by Gasteiger charge is -2.05. The van der Waals surface area contributed by atoms with E-state index in [2.05, 4.69) is 9.98 Å². The first-order valence-electron chi connectivity index (χ1n) is 8.01. The standard InChI is InChI=1S/C20H22N2O2/c1-3-17(21-13-15-9-5-7-11-19(15)23)18(4-2)22-14-16-10-6-8-12-20(16)24/h5-14,23-24H,3-4H2,1-2H3. The Labute approximate surface area is 142 Å². The van der Waals surface area contributed by atoms with Gasteiger partial charge in [0.1, 0.15) is 11.5 Å². The molecule has 0 saturated carbocycles. The Morgan fingerprint density at radius 2 is 1.12 bits per heavy atom. The minimum Gasteiger partial charge on any atom is -0.507 e. The smallest absolute Gasteiger partial charge is 0.124 e. The van der Waals surface area contributed by atoms with Gasteiger partial charge >= 0.3 is 0 Å². The van der Waals surface area contributed by atoms with Gasteiger partial charge in [-0.05, 0) is 37.1 Å². The van der Waals surface area contributed by atoms with Crippen molar-refractivity contribution in [1.29, 1.82) is 0 Å². The van der Waals surface area contributed by atoms with Crippen molar-refractivity contribution >= 4 is 12.4 Å². The molecule has 4 nitrogen and oxygen atoms in total. The van der Waals surface area contributed by atoms with Gasteiger partial charge in [-0.3, -0.25) is 9.98 Å². The molecule has 0 heterocycles. The van der Waals surface area contributed by atoms with Crippen molar-refractivity contribution in [3.8, 4) is 11.5 Å². The Morgan fingerprint density at radius 1 is 0.750 bits per heavy atom. The monoisotopic (exact) mass is 322 g/mol. The first-order chi connectivity index (χ1) is 11.7. The molecule has 24 heavy (non-hydrogen) atoms. The highest BCUT2D eigenvalue weighted by atomic mass is 16.3. The van der Waals surface area contributed by atoms with Crippen LogP contribution in [0.1, 0.15) is 37.8 Å². The molecule has 2 N–H and O–H groups in total. The largest absolute Gasteiger partial charge is 0.507 e. The van der Waals surface area contributed by atoms with Crippen LogP contribution in [-0.2, 0) is 0 Å². The molecule has 2 rings (SSSR count). The van der Waals surface area contributed by atoms with Gasteiger partial charge in [-0.15, -0.1) is 0 Å². The molecular formula is C20H22N2O2. The van der Waals surface area contributed by atoms with Crippen molar-refractivity contribution in [3.63, 3.8) is 0 Å². The summed E-state index contributed by atoms with van der Waals surface area (Å²) in [6.45, 7) is 4.03. The zero-order chi connectivity index (χ0) is 17.4. The quantitative estimate of drug-likeness (QED) is 0.759. The maximum atomic E-state index is 9.81. The number of para-hydroxylation sites is 2. The summed E-state index contributed by atoms with van der Waals surface area (Å²) in [6.07, 6.45) is 4.76. The highest BCUT2D eigenvalue weighted by Gasteiger charge is 2.03. The van der Waals surface area contributed by atoms with Crippen molar-refractivity contribution in [3.05, 3.63) is 71.1 Å². The number of nitrogens with zero attached hydrogens (tertiary/aromatic N) is 2. The molecule has 0 unspecified atom stereocenters. The van der Waals surface area contributed by atoms with Crippen molar-refractivity contribution in [1.82, 2.24) is 0 Å². The molecule has 0 amide bonds. The van der Waals surface area contributed by atoms with Crippen molar-refractivity contribution in [2.75, 3.05) is 0 Å². The Kier molecular flexibility index (Phi) is 6.32. The van der Waals surface area contributed by atoms with E-state index in [9.17, 15) is 10.2 Å². The second kappa shape index (κ2) is 8.67. The number of phenolic OH excluding ortho intramolecular Hbond substituents is 2. The molecule has 0 fully saturated rings. The molecule has 0 bridgehead atoms. The number of aromatic hydroxyl groups is 2. The zero-order valence-corrected chi connectivity index (χ0v) is 14.0. The van der Waals surface area contributed by atoms with Crippen LogP contribution in [-0.4, -0.2) is 22.6 Å². The van der Waals surface area contributed by atoms with Crippen molar-refractivity contribution < 1.29 is 10.2 Å². The van der Waals surface area contributed by atoms with Gasteiger partial charge in [0.2, 0.25) is 0 Å². The fourth-order valence-corrected chi connectivity index (χ4v) is 2.23. The zero-order valence-electron chi connectivity index (χ0n) is 14.0. The van der Waals surface area contributed by atoms with E-state index in [-0.39, 0.29) is 11.5 Å². The number of phenols is 2. The number of allylic oxidation sites excluding steroid dienone is 2. The number of hydrogen-bond donors (Lipinski definition) is 2. The van der Waals surface area contributed by atoms with E-state index in [1.165, 1.54) is 0 Å². The Hall–Kier alpha value is -2.88. The third-order valence-electron chi connectivity index (χ3n) is 3.60. The van der Waals surface area contributed by atoms with Gasteiger partial charge in [-0.1, -0.05) is 38.1 Å². The predicted octanol–water partition coefficient (Wildman–Crippen LogP) is 4.67. The van der Waals surface area contributed by atoms with Crippen LogP contribution < -0.4 is 0 Å². The maximum Gasteiger partial charge on any atom is 0.124 e. The fraction of sp³-hybridized carbons (Fsp3) is 0.200. The van der Waals surface area contributed by atoms with Gasteiger partial charge in [0.15, 0.2) is 0 Å². The Morgan fingerprint density at radius 3 is 1.46 bits per heavy atom. The molecule has 2 aromatic carbocycles. The lowest BCUT2D eigenvalue weighted by atomic mass is 10.2. The molecular weight excluding hydrogens is 300 g/mol. The first kappa shape index (κ1) is 17.5. The van der Waals surface area contributed by atoms with Gasteiger partial charge in [0, 0.05) is 23.6 Å². The van der Waals surface area contributed by atoms with Crippen LogP contribution in [0, 0.1) is 0 Å². The van der Waals surface area contributed by atoms with E-state index in [0.717, 1.165) is 24.2 Å². The van der Waals surface area contributed by atoms with E-state index < -0.39 is 0 Å². The lowest BCUT2D eigenvalue weighted by molar-refractivity contribution is 0.474. The van der Waals surface area contributed by atoms with Crippen LogP contribution in [0.4, 0.5) is 0 Å². The summed E-state index contributed by atoms with van der Waals surface area (Å²) in [5, 5.41) is 19.6. The summed E-state index contributed by atoms with van der Waals surface area (Å²) in [5.74, 6) is 0.403. The molecule has 4 heteroatoms. The van der Waals surface area contributed by atoms with Crippen LogP contribution in [0.3, 0.4) is 0 Å². The highest BCUT2D eigenvalue weighted by Crippen LogP contribution is 2.19. The molecule has 2 aromatic rings. The molecule has 0 spiro atoms. The van der Waals surface area contributed by atoms with Gasteiger partial charge in [0.25, 0.3) is 0 Å². The summed E-state index contributed by atoms with van der Waals surface area (Å²) in [6, 6.07) is 14.1. The minimum atomic E-state index is 0.201. The topological polar surface area (TPSA) is 65.2 Å². The number of rotatable bonds is 6. The summed E-state index contributed by atoms with van der Waals surface area (Å²) < 4.78 is 0. The van der Waals surface area contributed by atoms with Gasteiger partial charge in [-0.25, -0.2) is 0 Å². The van der Waals surface area contributed by atoms with E-state index in [0.29, 0.717) is 11.1 Å². The molecule has 0 aliphatic rings. The van der Waals surface area contributed by atoms with Gasteiger partial charge in [0.05, 0.1) is 11.4 Å². The summed E-state index contributed by atoms with van der Waals surface area (Å²) >= 11 is 0. The first-order valence-corrected chi connectivity index (χ1v) is 8.01. The van der Waals surface area contributed by atoms with Crippen LogP contribution in [0.15, 0.2) is 69.9 Å². The van der Waals surface area contributed by atoms with Crippen LogP contribution in [0.2, 0.25) is 0 Å². The third kappa shape index (κ3) is 4.56. The normalized spacial score (nSPS) is 12.8. The molecule has 0 aliphatic carbocycles. The van der Waals surface area contributed by atoms with Gasteiger partial charge < -0.3 is 10.2 Å². The molecule has 0 saturated heterocycles. The average Bonchev–Trinajstić information content (AvgIpc) is 2.60. The van der Waals surface area contributed by atoms with Crippen LogP contribution in [0.5, 0.6) is 11.5 Å². The van der Waals surface area contributed by atoms with E-state index >= 15 is 0 Å². The molecule has 124 valence electrons. The highest BCUT2D eigenvalue weighted by molar-refractivity contribution is 5.85. The van der Waals surface area contributed by atoms with Crippen LogP contribution >= 0.6 is 0 Å². The number of benzene rings is 2. The van der Waals surface area contributed by atoms with Crippen molar-refractivity contribution in [2.45, 2.75) is 26.7 Å².